The summed E-state index contributed by atoms with van der Waals surface area (Å²) >= 11 is 0. The largest absolute Gasteiger partial charge is 0.480 e. The molecule has 0 bridgehead atoms. The average molecular weight is 239 g/mol. The Morgan fingerprint density at radius 1 is 1.59 bits per heavy atom. The molecule has 0 radical (unpaired) electrons. The van der Waals surface area contributed by atoms with E-state index in [-0.39, 0.29) is 0 Å². The lowest BCUT2D eigenvalue weighted by Gasteiger charge is -2.33. The molecule has 0 unspecified atom stereocenters. The monoisotopic (exact) mass is 239 g/mol. The molecule has 17 heavy (non-hydrogen) atoms. The predicted molar refractivity (Wildman–Crippen MR) is 65.7 cm³/mol. The molecule has 5 heteroatoms. The molecular formula is C12H21N3O2. The summed E-state index contributed by atoms with van der Waals surface area (Å²) in [5, 5.41) is 13.5. The minimum absolute atomic E-state index is 0.590. The number of rotatable bonds is 5. The molecule has 96 valence electrons. The van der Waals surface area contributed by atoms with Crippen LogP contribution in [0.2, 0.25) is 0 Å². The van der Waals surface area contributed by atoms with Crippen molar-refractivity contribution in [1.29, 1.82) is 0 Å². The lowest BCUT2D eigenvalue weighted by atomic mass is 10.0. The van der Waals surface area contributed by atoms with Crippen LogP contribution in [0, 0.1) is 6.92 Å². The fourth-order valence-electron chi connectivity index (χ4n) is 1.85. The summed E-state index contributed by atoms with van der Waals surface area (Å²) in [6.07, 6.45) is 0. The quantitative estimate of drug-likeness (QED) is 0.844. The first-order valence-electron chi connectivity index (χ1n) is 5.77. The predicted octanol–water partition coefficient (Wildman–Crippen LogP) is 1.41. The van der Waals surface area contributed by atoms with Crippen LogP contribution in [0.25, 0.3) is 0 Å². The molecule has 0 aromatic carbocycles. The minimum Gasteiger partial charge on any atom is -0.480 e. The zero-order chi connectivity index (χ0) is 13.2. The van der Waals surface area contributed by atoms with Crippen molar-refractivity contribution in [2.45, 2.75) is 39.8 Å². The van der Waals surface area contributed by atoms with Gasteiger partial charge in [-0.05, 0) is 33.4 Å². The van der Waals surface area contributed by atoms with Crippen LogP contribution in [0.5, 0.6) is 0 Å². The molecule has 0 aliphatic heterocycles. The van der Waals surface area contributed by atoms with Gasteiger partial charge in [0, 0.05) is 13.6 Å². The topological polar surface area (TPSA) is 58.4 Å². The molecule has 0 spiro atoms. The van der Waals surface area contributed by atoms with Gasteiger partial charge in [0.1, 0.15) is 5.54 Å². The molecule has 0 amide bonds. The van der Waals surface area contributed by atoms with Crippen molar-refractivity contribution in [2.75, 3.05) is 6.54 Å². The fraction of sp³-hybridized carbons (Fsp3) is 0.667. The van der Waals surface area contributed by atoms with Crippen molar-refractivity contribution in [3.63, 3.8) is 0 Å². The Bertz CT molecular complexity index is 410. The Kier molecular flexibility index (Phi) is 3.93. The number of carbonyl (C=O) groups is 1. The SMILES string of the molecule is CCN(Cc1cc(C)nn1C)C(C)(C)C(=O)O. The van der Waals surface area contributed by atoms with Gasteiger partial charge in [-0.3, -0.25) is 14.4 Å². The van der Waals surface area contributed by atoms with Gasteiger partial charge in [0.15, 0.2) is 0 Å². The molecule has 5 nitrogen and oxygen atoms in total. The highest BCUT2D eigenvalue weighted by Crippen LogP contribution is 2.18. The number of carboxylic acid groups (broad SMARTS) is 1. The molecule has 0 aliphatic carbocycles. The fourth-order valence-corrected chi connectivity index (χ4v) is 1.85. The van der Waals surface area contributed by atoms with Crippen molar-refractivity contribution < 1.29 is 9.90 Å². The minimum atomic E-state index is -0.868. The van der Waals surface area contributed by atoms with E-state index in [4.69, 9.17) is 0 Å². The molecule has 1 heterocycles. The molecule has 0 saturated carbocycles. The number of aryl methyl sites for hydroxylation is 2. The summed E-state index contributed by atoms with van der Waals surface area (Å²) in [5.41, 5.74) is 1.11. The van der Waals surface area contributed by atoms with Gasteiger partial charge in [-0.25, -0.2) is 0 Å². The number of hydrogen-bond donors (Lipinski definition) is 1. The van der Waals surface area contributed by atoms with Gasteiger partial charge in [0.05, 0.1) is 11.4 Å². The van der Waals surface area contributed by atoms with Crippen LogP contribution >= 0.6 is 0 Å². The molecule has 1 aromatic rings. The van der Waals surface area contributed by atoms with Crippen molar-refractivity contribution in [3.8, 4) is 0 Å². The first kappa shape index (κ1) is 13.7. The molecule has 1 aromatic heterocycles. The van der Waals surface area contributed by atoms with Gasteiger partial charge >= 0.3 is 5.97 Å². The van der Waals surface area contributed by atoms with E-state index in [1.54, 1.807) is 18.5 Å². The normalized spacial score (nSPS) is 12.1. The third kappa shape index (κ3) is 2.85. The molecule has 1 rings (SSSR count). The Balaban J connectivity index is 2.91. The van der Waals surface area contributed by atoms with E-state index < -0.39 is 11.5 Å². The van der Waals surface area contributed by atoms with Crippen molar-refractivity contribution in [2.24, 2.45) is 7.05 Å². The molecule has 0 atom stereocenters. The maximum absolute atomic E-state index is 11.2. The van der Waals surface area contributed by atoms with E-state index in [1.807, 2.05) is 31.9 Å². The number of hydrogen-bond acceptors (Lipinski definition) is 3. The van der Waals surface area contributed by atoms with E-state index in [0.29, 0.717) is 13.1 Å². The van der Waals surface area contributed by atoms with Crippen LogP contribution in [0.15, 0.2) is 6.07 Å². The van der Waals surface area contributed by atoms with Gasteiger partial charge in [0.2, 0.25) is 0 Å². The van der Waals surface area contributed by atoms with Gasteiger partial charge in [-0.1, -0.05) is 6.92 Å². The highest BCUT2D eigenvalue weighted by Gasteiger charge is 2.33. The zero-order valence-corrected chi connectivity index (χ0v) is 11.2. The smallest absolute Gasteiger partial charge is 0.323 e. The van der Waals surface area contributed by atoms with Crippen molar-refractivity contribution >= 4 is 5.97 Å². The Labute approximate surface area is 102 Å². The number of aliphatic carboxylic acids is 1. The second kappa shape index (κ2) is 4.87. The van der Waals surface area contributed by atoms with Gasteiger partial charge in [-0.2, -0.15) is 5.10 Å². The van der Waals surface area contributed by atoms with Crippen LogP contribution < -0.4 is 0 Å². The highest BCUT2D eigenvalue weighted by molar-refractivity contribution is 5.77. The third-order valence-electron chi connectivity index (χ3n) is 3.15. The van der Waals surface area contributed by atoms with Crippen LogP contribution in [-0.2, 0) is 18.4 Å². The summed E-state index contributed by atoms with van der Waals surface area (Å²) in [4.78, 5) is 13.2. The van der Waals surface area contributed by atoms with Gasteiger partial charge in [-0.15, -0.1) is 0 Å². The molecular weight excluding hydrogens is 218 g/mol. The number of aromatic nitrogens is 2. The van der Waals surface area contributed by atoms with Crippen molar-refractivity contribution in [1.82, 2.24) is 14.7 Å². The maximum atomic E-state index is 11.2. The zero-order valence-electron chi connectivity index (χ0n) is 11.2. The lowest BCUT2D eigenvalue weighted by Crippen LogP contribution is -2.49. The van der Waals surface area contributed by atoms with Gasteiger partial charge in [0.25, 0.3) is 0 Å². The standard InChI is InChI=1S/C12H21N3O2/c1-6-15(12(3,4)11(16)17)8-10-7-9(2)13-14(10)5/h7H,6,8H2,1-5H3,(H,16,17). The highest BCUT2D eigenvalue weighted by atomic mass is 16.4. The van der Waals surface area contributed by atoms with Crippen LogP contribution in [0.4, 0.5) is 0 Å². The Morgan fingerprint density at radius 3 is 2.53 bits per heavy atom. The second-order valence-electron chi connectivity index (χ2n) is 4.78. The van der Waals surface area contributed by atoms with E-state index in [0.717, 1.165) is 11.4 Å². The van der Waals surface area contributed by atoms with E-state index in [9.17, 15) is 9.90 Å². The number of nitrogens with zero attached hydrogens (tertiary/aromatic N) is 3. The number of likely N-dealkylation sites (N-methyl/N-ethyl adjacent to an activating group) is 1. The summed E-state index contributed by atoms with van der Waals surface area (Å²) in [6.45, 7) is 8.62. The average Bonchev–Trinajstić information content (AvgIpc) is 2.53. The molecule has 0 fully saturated rings. The molecule has 0 aliphatic rings. The number of carboxylic acids is 1. The van der Waals surface area contributed by atoms with Crippen LogP contribution in [0.1, 0.15) is 32.2 Å². The van der Waals surface area contributed by atoms with Crippen molar-refractivity contribution in [3.05, 3.63) is 17.5 Å². The maximum Gasteiger partial charge on any atom is 0.323 e. The summed E-state index contributed by atoms with van der Waals surface area (Å²) < 4.78 is 1.80. The first-order chi connectivity index (χ1) is 7.78. The summed E-state index contributed by atoms with van der Waals surface area (Å²) in [7, 11) is 1.88. The Morgan fingerprint density at radius 2 is 2.18 bits per heavy atom. The summed E-state index contributed by atoms with van der Waals surface area (Å²) in [5.74, 6) is -0.807. The summed E-state index contributed by atoms with van der Waals surface area (Å²) in [6, 6.07) is 1.99. The third-order valence-corrected chi connectivity index (χ3v) is 3.15. The molecule has 1 N–H and O–H groups in total. The first-order valence-corrected chi connectivity index (χ1v) is 5.77. The van der Waals surface area contributed by atoms with E-state index >= 15 is 0 Å². The van der Waals surface area contributed by atoms with Gasteiger partial charge < -0.3 is 5.11 Å². The van der Waals surface area contributed by atoms with Crippen LogP contribution in [0.3, 0.4) is 0 Å². The second-order valence-corrected chi connectivity index (χ2v) is 4.78. The van der Waals surface area contributed by atoms with E-state index in [2.05, 4.69) is 5.10 Å². The van der Waals surface area contributed by atoms with E-state index in [1.165, 1.54) is 0 Å². The lowest BCUT2D eigenvalue weighted by molar-refractivity contribution is -0.149. The Hall–Kier alpha value is -1.36. The molecule has 0 saturated heterocycles. The van der Waals surface area contributed by atoms with Crippen LogP contribution in [-0.4, -0.2) is 37.8 Å².